The second-order valence-electron chi connectivity index (χ2n) is 5.11. The summed E-state index contributed by atoms with van der Waals surface area (Å²) in [6, 6.07) is 0. The Balaban J connectivity index is 2.31. The van der Waals surface area contributed by atoms with E-state index in [1.165, 1.54) is 6.92 Å². The smallest absolute Gasteiger partial charge is 0.336 e. The van der Waals surface area contributed by atoms with Crippen LogP contribution in [0, 0.1) is 5.41 Å². The number of aliphatic hydroxyl groups is 1. The molecule has 0 amide bonds. The molecule has 1 aliphatic rings. The van der Waals surface area contributed by atoms with Crippen molar-refractivity contribution in [2.45, 2.75) is 32.3 Å². The number of carboxylic acid groups (broad SMARTS) is 1. The molecule has 0 aromatic heterocycles. The summed E-state index contributed by atoms with van der Waals surface area (Å²) in [5.74, 6) is -1.20. The molecule has 1 heterocycles. The molecule has 5 nitrogen and oxygen atoms in total. The lowest BCUT2D eigenvalue weighted by Crippen LogP contribution is -2.48. The van der Waals surface area contributed by atoms with Crippen LogP contribution in [-0.2, 0) is 9.53 Å². The van der Waals surface area contributed by atoms with Gasteiger partial charge in [0.2, 0.25) is 0 Å². The Morgan fingerprint density at radius 3 is 2.56 bits per heavy atom. The van der Waals surface area contributed by atoms with E-state index in [0.717, 1.165) is 26.1 Å². The molecule has 94 valence electrons. The maximum atomic E-state index is 10.7. The van der Waals surface area contributed by atoms with E-state index < -0.39 is 11.6 Å². The van der Waals surface area contributed by atoms with Crippen LogP contribution < -0.4 is 5.32 Å². The summed E-state index contributed by atoms with van der Waals surface area (Å²) in [4.78, 5) is 10.7. The third-order valence-electron chi connectivity index (χ3n) is 3.18. The van der Waals surface area contributed by atoms with Crippen molar-refractivity contribution in [2.24, 2.45) is 5.41 Å². The average molecular weight is 231 g/mol. The number of carbonyl (C=O) groups is 1. The third kappa shape index (κ3) is 3.73. The van der Waals surface area contributed by atoms with E-state index in [0.29, 0.717) is 6.54 Å². The minimum absolute atomic E-state index is 0.0682. The first-order chi connectivity index (χ1) is 7.36. The molecule has 0 saturated carbocycles. The minimum atomic E-state index is -1.69. The van der Waals surface area contributed by atoms with Crippen molar-refractivity contribution in [3.05, 3.63) is 0 Å². The Bertz CT molecular complexity index is 246. The van der Waals surface area contributed by atoms with Gasteiger partial charge in [0, 0.05) is 26.3 Å². The first kappa shape index (κ1) is 13.4. The number of carboxylic acids is 1. The van der Waals surface area contributed by atoms with Gasteiger partial charge in [-0.25, -0.2) is 4.79 Å². The van der Waals surface area contributed by atoms with Crippen molar-refractivity contribution in [2.75, 3.05) is 26.3 Å². The molecule has 1 saturated heterocycles. The molecule has 0 aromatic carbocycles. The lowest BCUT2D eigenvalue weighted by molar-refractivity contribution is -0.156. The fourth-order valence-corrected chi connectivity index (χ4v) is 1.72. The molecule has 0 aromatic rings. The second-order valence-corrected chi connectivity index (χ2v) is 5.11. The van der Waals surface area contributed by atoms with Crippen LogP contribution in [0.4, 0.5) is 0 Å². The Morgan fingerprint density at radius 1 is 1.50 bits per heavy atom. The minimum Gasteiger partial charge on any atom is -0.479 e. The SMILES string of the molecule is CC1(CNCC(C)(O)C(=O)O)CCOCC1. The largest absolute Gasteiger partial charge is 0.479 e. The molecule has 1 fully saturated rings. The average Bonchev–Trinajstić information content (AvgIpc) is 2.17. The molecule has 0 aliphatic carbocycles. The highest BCUT2D eigenvalue weighted by molar-refractivity contribution is 5.76. The van der Waals surface area contributed by atoms with Crippen molar-refractivity contribution in [1.29, 1.82) is 0 Å². The quantitative estimate of drug-likeness (QED) is 0.631. The van der Waals surface area contributed by atoms with E-state index in [-0.39, 0.29) is 12.0 Å². The normalized spacial score (nSPS) is 23.7. The monoisotopic (exact) mass is 231 g/mol. The molecule has 0 radical (unpaired) electrons. The van der Waals surface area contributed by atoms with Crippen molar-refractivity contribution < 1.29 is 19.7 Å². The maximum absolute atomic E-state index is 10.7. The van der Waals surface area contributed by atoms with Gasteiger partial charge in [-0.1, -0.05) is 6.92 Å². The van der Waals surface area contributed by atoms with Crippen LogP contribution in [0.5, 0.6) is 0 Å². The van der Waals surface area contributed by atoms with Crippen LogP contribution in [0.2, 0.25) is 0 Å². The number of ether oxygens (including phenoxy) is 1. The van der Waals surface area contributed by atoms with Crippen LogP contribution in [0.15, 0.2) is 0 Å². The number of aliphatic carboxylic acids is 1. The van der Waals surface area contributed by atoms with Crippen LogP contribution in [0.3, 0.4) is 0 Å². The van der Waals surface area contributed by atoms with Gasteiger partial charge in [-0.2, -0.15) is 0 Å². The summed E-state index contributed by atoms with van der Waals surface area (Å²) in [6.45, 7) is 5.74. The molecule has 0 bridgehead atoms. The standard InChI is InChI=1S/C11H21NO4/c1-10(3-5-16-6-4-10)7-12-8-11(2,15)9(13)14/h12,15H,3-8H2,1-2H3,(H,13,14). The number of hydrogen-bond acceptors (Lipinski definition) is 4. The van der Waals surface area contributed by atoms with Gasteiger partial charge >= 0.3 is 5.97 Å². The molecule has 3 N–H and O–H groups in total. The van der Waals surface area contributed by atoms with Gasteiger partial charge in [0.05, 0.1) is 0 Å². The molecule has 0 spiro atoms. The van der Waals surface area contributed by atoms with Crippen molar-refractivity contribution in [3.8, 4) is 0 Å². The van der Waals surface area contributed by atoms with Gasteiger partial charge in [-0.05, 0) is 25.2 Å². The van der Waals surface area contributed by atoms with Crippen LogP contribution in [0.1, 0.15) is 26.7 Å². The topological polar surface area (TPSA) is 78.8 Å². The predicted molar refractivity (Wildman–Crippen MR) is 59.3 cm³/mol. The lowest BCUT2D eigenvalue weighted by atomic mass is 9.82. The van der Waals surface area contributed by atoms with Crippen LogP contribution in [0.25, 0.3) is 0 Å². The number of rotatable bonds is 5. The zero-order chi connectivity index (χ0) is 12.2. The van der Waals surface area contributed by atoms with E-state index in [4.69, 9.17) is 9.84 Å². The zero-order valence-electron chi connectivity index (χ0n) is 9.95. The Labute approximate surface area is 95.8 Å². The van der Waals surface area contributed by atoms with Gasteiger partial charge in [0.1, 0.15) is 0 Å². The highest BCUT2D eigenvalue weighted by Crippen LogP contribution is 2.28. The van der Waals surface area contributed by atoms with Gasteiger partial charge < -0.3 is 20.3 Å². The first-order valence-corrected chi connectivity index (χ1v) is 5.60. The molecule has 16 heavy (non-hydrogen) atoms. The highest BCUT2D eigenvalue weighted by atomic mass is 16.5. The van der Waals surface area contributed by atoms with E-state index in [9.17, 15) is 9.90 Å². The molecule has 1 aliphatic heterocycles. The van der Waals surface area contributed by atoms with E-state index in [2.05, 4.69) is 12.2 Å². The first-order valence-electron chi connectivity index (χ1n) is 5.60. The molecule has 5 heteroatoms. The molecule has 1 rings (SSSR count). The van der Waals surface area contributed by atoms with E-state index >= 15 is 0 Å². The molecular weight excluding hydrogens is 210 g/mol. The lowest BCUT2D eigenvalue weighted by Gasteiger charge is -2.34. The second kappa shape index (κ2) is 5.12. The fraction of sp³-hybridized carbons (Fsp3) is 0.909. The molecule has 1 atom stereocenters. The van der Waals surface area contributed by atoms with Crippen LogP contribution in [-0.4, -0.2) is 48.1 Å². The van der Waals surface area contributed by atoms with E-state index in [1.54, 1.807) is 0 Å². The van der Waals surface area contributed by atoms with Crippen molar-refractivity contribution >= 4 is 5.97 Å². The highest BCUT2D eigenvalue weighted by Gasteiger charge is 2.32. The van der Waals surface area contributed by atoms with Gasteiger partial charge in [-0.3, -0.25) is 0 Å². The third-order valence-corrected chi connectivity index (χ3v) is 3.18. The predicted octanol–water partition coefficient (Wildman–Crippen LogP) is 0.228. The van der Waals surface area contributed by atoms with Gasteiger partial charge in [0.15, 0.2) is 5.60 Å². The summed E-state index contributed by atoms with van der Waals surface area (Å²) in [6.07, 6.45) is 1.93. The molecule has 1 unspecified atom stereocenters. The molecular formula is C11H21NO4. The zero-order valence-corrected chi connectivity index (χ0v) is 9.95. The fourth-order valence-electron chi connectivity index (χ4n) is 1.72. The Hall–Kier alpha value is -0.650. The van der Waals surface area contributed by atoms with Crippen molar-refractivity contribution in [1.82, 2.24) is 5.32 Å². The summed E-state index contributed by atoms with van der Waals surface area (Å²) < 4.78 is 5.28. The van der Waals surface area contributed by atoms with Gasteiger partial charge in [-0.15, -0.1) is 0 Å². The Morgan fingerprint density at radius 2 is 2.06 bits per heavy atom. The van der Waals surface area contributed by atoms with Crippen LogP contribution >= 0.6 is 0 Å². The van der Waals surface area contributed by atoms with Gasteiger partial charge in [0.25, 0.3) is 0 Å². The van der Waals surface area contributed by atoms with E-state index in [1.807, 2.05) is 0 Å². The number of hydrogen-bond donors (Lipinski definition) is 3. The summed E-state index contributed by atoms with van der Waals surface area (Å²) in [5.41, 5.74) is -1.55. The summed E-state index contributed by atoms with van der Waals surface area (Å²) in [7, 11) is 0. The summed E-state index contributed by atoms with van der Waals surface area (Å²) >= 11 is 0. The summed E-state index contributed by atoms with van der Waals surface area (Å²) in [5, 5.41) is 21.3. The Kier molecular flexibility index (Phi) is 4.29. The number of nitrogens with one attached hydrogen (secondary N) is 1. The maximum Gasteiger partial charge on any atom is 0.336 e. The van der Waals surface area contributed by atoms with Crippen molar-refractivity contribution in [3.63, 3.8) is 0 Å².